The third-order valence-corrected chi connectivity index (χ3v) is 3.93. The zero-order chi connectivity index (χ0) is 15.9. The minimum Gasteiger partial charge on any atom is -0.478 e. The summed E-state index contributed by atoms with van der Waals surface area (Å²) in [6.07, 6.45) is 1.79. The first-order chi connectivity index (χ1) is 10.5. The van der Waals surface area contributed by atoms with Crippen molar-refractivity contribution in [3.8, 4) is 11.8 Å². The molecule has 1 aromatic heterocycles. The van der Waals surface area contributed by atoms with Gasteiger partial charge in [0.2, 0.25) is 0 Å². The predicted octanol–water partition coefficient (Wildman–Crippen LogP) is 3.82. The monoisotopic (exact) mass is 290 g/mol. The molecular formula is C18H14N2O2. The lowest BCUT2D eigenvalue weighted by atomic mass is 10.1. The maximum atomic E-state index is 10.9. The van der Waals surface area contributed by atoms with Crippen LogP contribution in [0.1, 0.15) is 27.0 Å². The van der Waals surface area contributed by atoms with Gasteiger partial charge < -0.3 is 9.67 Å². The average Bonchev–Trinajstić information content (AvgIpc) is 2.85. The third-order valence-electron chi connectivity index (χ3n) is 3.93. The normalized spacial score (nSPS) is 10.6. The van der Waals surface area contributed by atoms with E-state index >= 15 is 0 Å². The highest BCUT2D eigenvalue weighted by Crippen LogP contribution is 2.27. The summed E-state index contributed by atoms with van der Waals surface area (Å²) < 4.78 is 1.92. The van der Waals surface area contributed by atoms with E-state index in [4.69, 9.17) is 5.11 Å². The Labute approximate surface area is 127 Å². The summed E-state index contributed by atoms with van der Waals surface area (Å²) in [6, 6.07) is 12.9. The molecule has 0 bridgehead atoms. The number of aromatic carboxylic acids is 1. The smallest absolute Gasteiger partial charge is 0.335 e. The van der Waals surface area contributed by atoms with Crippen LogP contribution in [0.5, 0.6) is 0 Å². The number of aryl methyl sites for hydroxylation is 2. The molecule has 0 saturated heterocycles. The van der Waals surface area contributed by atoms with Gasteiger partial charge in [0, 0.05) is 17.3 Å². The van der Waals surface area contributed by atoms with Crippen molar-refractivity contribution in [1.29, 1.82) is 5.26 Å². The summed E-state index contributed by atoms with van der Waals surface area (Å²) in [6.45, 7) is 4.06. The fourth-order valence-corrected chi connectivity index (χ4v) is 2.55. The second-order valence-corrected chi connectivity index (χ2v) is 5.33. The Morgan fingerprint density at radius 3 is 2.36 bits per heavy atom. The maximum absolute atomic E-state index is 10.9. The van der Waals surface area contributed by atoms with Crippen LogP contribution in [0, 0.1) is 25.2 Å². The van der Waals surface area contributed by atoms with Crippen LogP contribution in [0.25, 0.3) is 16.6 Å². The topological polar surface area (TPSA) is 66.0 Å². The van der Waals surface area contributed by atoms with Crippen LogP contribution < -0.4 is 0 Å². The predicted molar refractivity (Wildman–Crippen MR) is 84.4 cm³/mol. The van der Waals surface area contributed by atoms with Gasteiger partial charge in [0.25, 0.3) is 0 Å². The molecule has 1 heterocycles. The highest BCUT2D eigenvalue weighted by molar-refractivity contribution is 5.90. The number of carbonyl (C=O) groups is 1. The summed E-state index contributed by atoms with van der Waals surface area (Å²) in [5.41, 5.74) is 4.93. The minimum absolute atomic E-state index is 0.243. The van der Waals surface area contributed by atoms with Crippen LogP contribution in [0.4, 0.5) is 0 Å². The highest BCUT2D eigenvalue weighted by atomic mass is 16.4. The third kappa shape index (κ3) is 2.13. The lowest BCUT2D eigenvalue weighted by Gasteiger charge is -2.07. The van der Waals surface area contributed by atoms with Crippen LogP contribution >= 0.6 is 0 Å². The summed E-state index contributed by atoms with van der Waals surface area (Å²) in [7, 11) is 0. The number of rotatable bonds is 2. The molecule has 0 spiro atoms. The summed E-state index contributed by atoms with van der Waals surface area (Å²) in [5, 5.41) is 19.2. The molecule has 0 saturated carbocycles. The number of nitriles is 1. The van der Waals surface area contributed by atoms with Gasteiger partial charge >= 0.3 is 5.97 Å². The van der Waals surface area contributed by atoms with E-state index in [-0.39, 0.29) is 5.56 Å². The number of aromatic nitrogens is 1. The zero-order valence-corrected chi connectivity index (χ0v) is 12.3. The Morgan fingerprint density at radius 2 is 1.77 bits per heavy atom. The molecule has 0 atom stereocenters. The molecule has 1 N–H and O–H groups in total. The van der Waals surface area contributed by atoms with Gasteiger partial charge in [0.15, 0.2) is 0 Å². The van der Waals surface area contributed by atoms with Gasteiger partial charge in [-0.15, -0.1) is 0 Å². The number of hydrogen-bond acceptors (Lipinski definition) is 2. The van der Waals surface area contributed by atoms with Crippen molar-refractivity contribution in [2.75, 3.05) is 0 Å². The lowest BCUT2D eigenvalue weighted by Crippen LogP contribution is -1.97. The van der Waals surface area contributed by atoms with Gasteiger partial charge in [-0.3, -0.25) is 0 Å². The SMILES string of the molecule is Cc1cc2c(C#N)cn(-c3ccc(C(=O)O)cc3)c2cc1C. The first kappa shape index (κ1) is 13.9. The average molecular weight is 290 g/mol. The number of hydrogen-bond donors (Lipinski definition) is 1. The molecule has 22 heavy (non-hydrogen) atoms. The fourth-order valence-electron chi connectivity index (χ4n) is 2.55. The van der Waals surface area contributed by atoms with Crippen molar-refractivity contribution in [2.45, 2.75) is 13.8 Å². The Bertz CT molecular complexity index is 928. The first-order valence-electron chi connectivity index (χ1n) is 6.87. The molecule has 0 radical (unpaired) electrons. The molecule has 108 valence electrons. The summed E-state index contributed by atoms with van der Waals surface area (Å²) in [4.78, 5) is 10.9. The lowest BCUT2D eigenvalue weighted by molar-refractivity contribution is 0.0697. The van der Waals surface area contributed by atoms with Gasteiger partial charge in [-0.2, -0.15) is 5.26 Å². The van der Waals surface area contributed by atoms with Gasteiger partial charge in [-0.05, 0) is 61.4 Å². The van der Waals surface area contributed by atoms with Crippen molar-refractivity contribution >= 4 is 16.9 Å². The molecular weight excluding hydrogens is 276 g/mol. The van der Waals surface area contributed by atoms with E-state index in [0.29, 0.717) is 5.56 Å². The second kappa shape index (κ2) is 5.05. The van der Waals surface area contributed by atoms with Crippen LogP contribution in [-0.4, -0.2) is 15.6 Å². The van der Waals surface area contributed by atoms with Gasteiger partial charge in [0.05, 0.1) is 16.6 Å². The van der Waals surface area contributed by atoms with E-state index in [2.05, 4.69) is 12.1 Å². The van der Waals surface area contributed by atoms with E-state index in [1.165, 1.54) is 0 Å². The molecule has 0 unspecified atom stereocenters. The molecule has 0 amide bonds. The number of nitrogens with zero attached hydrogens (tertiary/aromatic N) is 2. The first-order valence-corrected chi connectivity index (χ1v) is 6.87. The standard InChI is InChI=1S/C18H14N2O2/c1-11-7-16-14(9-19)10-20(17(16)8-12(11)2)15-5-3-13(4-6-15)18(21)22/h3-8,10H,1-2H3,(H,21,22). The Morgan fingerprint density at radius 1 is 1.14 bits per heavy atom. The number of fused-ring (bicyclic) bond motifs is 1. The van der Waals surface area contributed by atoms with E-state index in [1.54, 1.807) is 30.5 Å². The number of carboxylic acid groups (broad SMARTS) is 1. The van der Waals surface area contributed by atoms with Gasteiger partial charge in [-0.25, -0.2) is 4.79 Å². The van der Waals surface area contributed by atoms with Crippen LogP contribution in [0.3, 0.4) is 0 Å². The van der Waals surface area contributed by atoms with E-state index in [0.717, 1.165) is 27.7 Å². The molecule has 0 aliphatic rings. The van der Waals surface area contributed by atoms with Crippen molar-refractivity contribution < 1.29 is 9.90 Å². The van der Waals surface area contributed by atoms with Gasteiger partial charge in [0.1, 0.15) is 6.07 Å². The van der Waals surface area contributed by atoms with E-state index in [9.17, 15) is 10.1 Å². The molecule has 0 aliphatic carbocycles. The van der Waals surface area contributed by atoms with Crippen LogP contribution in [0.2, 0.25) is 0 Å². The van der Waals surface area contributed by atoms with E-state index in [1.807, 2.05) is 24.5 Å². The number of benzene rings is 2. The van der Waals surface area contributed by atoms with Gasteiger partial charge in [-0.1, -0.05) is 0 Å². The maximum Gasteiger partial charge on any atom is 0.335 e. The zero-order valence-electron chi connectivity index (χ0n) is 12.3. The molecule has 4 heteroatoms. The van der Waals surface area contributed by atoms with Crippen molar-refractivity contribution in [2.24, 2.45) is 0 Å². The van der Waals surface area contributed by atoms with Crippen molar-refractivity contribution in [3.63, 3.8) is 0 Å². The Kier molecular flexibility index (Phi) is 3.19. The second-order valence-electron chi connectivity index (χ2n) is 5.33. The van der Waals surface area contributed by atoms with Crippen molar-refractivity contribution in [1.82, 2.24) is 4.57 Å². The Balaban J connectivity index is 2.24. The Hall–Kier alpha value is -3.06. The largest absolute Gasteiger partial charge is 0.478 e. The molecule has 2 aromatic carbocycles. The summed E-state index contributed by atoms with van der Waals surface area (Å²) >= 11 is 0. The van der Waals surface area contributed by atoms with Crippen LogP contribution in [-0.2, 0) is 0 Å². The quantitative estimate of drug-likeness (QED) is 0.780. The van der Waals surface area contributed by atoms with Crippen LogP contribution in [0.15, 0.2) is 42.6 Å². The number of carboxylic acids is 1. The highest BCUT2D eigenvalue weighted by Gasteiger charge is 2.12. The summed E-state index contributed by atoms with van der Waals surface area (Å²) in [5.74, 6) is -0.951. The molecule has 4 nitrogen and oxygen atoms in total. The molecule has 0 fully saturated rings. The molecule has 3 rings (SSSR count). The molecule has 0 aliphatic heterocycles. The minimum atomic E-state index is -0.951. The fraction of sp³-hybridized carbons (Fsp3) is 0.111. The molecule has 3 aromatic rings. The van der Waals surface area contributed by atoms with E-state index < -0.39 is 5.97 Å². The van der Waals surface area contributed by atoms with Crippen molar-refractivity contribution in [3.05, 3.63) is 64.8 Å².